The van der Waals surface area contributed by atoms with Crippen LogP contribution >= 0.6 is 23.2 Å². The largest absolute Gasteiger partial charge is 0.488 e. The number of carboxylic acid groups (broad SMARTS) is 1. The molecule has 2 aromatic heterocycles. The maximum Gasteiger partial charge on any atom is 0.326 e. The summed E-state index contributed by atoms with van der Waals surface area (Å²) in [6.45, 7) is 6.59. The van der Waals surface area contributed by atoms with Crippen molar-refractivity contribution in [3.63, 3.8) is 0 Å². The number of Topliss-reactive ketones (excluding diaryl/α,β-unsaturated/α-hetero) is 1. The summed E-state index contributed by atoms with van der Waals surface area (Å²) < 4.78 is 24.8. The number of hydrogen-bond acceptors (Lipinski definition) is 12. The second-order valence-electron chi connectivity index (χ2n) is 15.1. The van der Waals surface area contributed by atoms with Crippen molar-refractivity contribution in [1.82, 2.24) is 15.3 Å². The molecule has 1 unspecified atom stereocenters. The van der Waals surface area contributed by atoms with Crippen LogP contribution in [-0.2, 0) is 37.8 Å². The molecule has 0 radical (unpaired) electrons. The fourth-order valence-electron chi connectivity index (χ4n) is 6.64. The van der Waals surface area contributed by atoms with E-state index >= 15 is 0 Å². The number of nitriles is 2. The molecule has 0 saturated carbocycles. The first-order valence-corrected chi connectivity index (χ1v) is 20.6. The summed E-state index contributed by atoms with van der Waals surface area (Å²) in [6.07, 6.45) is 6.07. The number of benzene rings is 4. The molecule has 1 atom stereocenters. The van der Waals surface area contributed by atoms with Gasteiger partial charge in [-0.2, -0.15) is 10.5 Å². The van der Waals surface area contributed by atoms with E-state index in [1.54, 1.807) is 42.7 Å². The highest BCUT2D eigenvalue weighted by Gasteiger charge is 2.32. The Kier molecular flexibility index (Phi) is 15.2. The molecule has 2 heterocycles. The lowest BCUT2D eigenvalue weighted by molar-refractivity contribution is -0.145. The van der Waals surface area contributed by atoms with Crippen molar-refractivity contribution < 1.29 is 38.7 Å². The Hall–Kier alpha value is -7.00. The molecule has 0 aliphatic heterocycles. The molecule has 64 heavy (non-hydrogen) atoms. The predicted molar refractivity (Wildman–Crippen MR) is 239 cm³/mol. The monoisotopic (exact) mass is 899 g/mol. The van der Waals surface area contributed by atoms with Crippen molar-refractivity contribution in [2.45, 2.75) is 66.2 Å². The van der Waals surface area contributed by atoms with Gasteiger partial charge in [0.2, 0.25) is 0 Å². The van der Waals surface area contributed by atoms with Crippen molar-refractivity contribution >= 4 is 35.0 Å². The normalized spacial score (nSPS) is 11.8. The molecular weight excluding hydrogens is 857 g/mol. The van der Waals surface area contributed by atoms with E-state index in [1.807, 2.05) is 50.2 Å². The zero-order valence-corrected chi connectivity index (χ0v) is 36.9. The quantitative estimate of drug-likeness (QED) is 0.0651. The molecule has 326 valence electrons. The molecular formula is C49H43Cl2N5O8. The number of aliphatic hydroxyl groups excluding tert-OH is 1. The van der Waals surface area contributed by atoms with Gasteiger partial charge < -0.3 is 29.2 Å². The number of carbonyl (C=O) groups is 2. The molecule has 13 nitrogen and oxygen atoms in total. The second-order valence-corrected chi connectivity index (χ2v) is 15.9. The number of halogens is 2. The number of nitrogens with zero attached hydrogens (tertiary/aromatic N) is 4. The zero-order valence-electron chi connectivity index (χ0n) is 35.4. The lowest BCUT2D eigenvalue weighted by Crippen LogP contribution is -2.52. The third-order valence-corrected chi connectivity index (χ3v) is 11.2. The summed E-state index contributed by atoms with van der Waals surface area (Å²) in [5.41, 5.74) is 6.94. The van der Waals surface area contributed by atoms with Crippen molar-refractivity contribution in [3.8, 4) is 46.3 Å². The molecule has 0 aliphatic rings. The van der Waals surface area contributed by atoms with Gasteiger partial charge in [0.05, 0.1) is 33.3 Å². The Labute approximate surface area is 380 Å². The summed E-state index contributed by atoms with van der Waals surface area (Å²) in [4.78, 5) is 32.6. The second kappa shape index (κ2) is 20.9. The Morgan fingerprint density at radius 1 is 0.688 bits per heavy atom. The summed E-state index contributed by atoms with van der Waals surface area (Å²) in [5, 5.41) is 41.5. The number of rotatable bonds is 19. The molecule has 15 heteroatoms. The van der Waals surface area contributed by atoms with E-state index in [2.05, 4.69) is 27.4 Å². The predicted octanol–water partition coefficient (Wildman–Crippen LogP) is 9.25. The summed E-state index contributed by atoms with van der Waals surface area (Å²) in [7, 11) is 0. The maximum atomic E-state index is 12.5. The van der Waals surface area contributed by atoms with Crippen molar-refractivity contribution in [2.24, 2.45) is 0 Å². The molecule has 6 aromatic rings. The number of nitrogens with one attached hydrogen (secondary N) is 1. The minimum atomic E-state index is -1.62. The number of aliphatic carboxylic acids is 1. The van der Waals surface area contributed by atoms with Gasteiger partial charge in [-0.25, -0.2) is 0 Å². The first-order chi connectivity index (χ1) is 30.7. The fourth-order valence-corrected chi connectivity index (χ4v) is 7.10. The highest BCUT2D eigenvalue weighted by atomic mass is 35.5. The molecule has 0 bridgehead atoms. The minimum absolute atomic E-state index is 0.00704. The van der Waals surface area contributed by atoms with E-state index in [-0.39, 0.29) is 54.6 Å². The van der Waals surface area contributed by atoms with Crippen LogP contribution in [0.15, 0.2) is 97.6 Å². The van der Waals surface area contributed by atoms with Crippen molar-refractivity contribution in [2.75, 3.05) is 6.61 Å². The molecule has 6 rings (SSSR count). The zero-order chi connectivity index (χ0) is 46.0. The lowest BCUT2D eigenvalue weighted by atomic mass is 9.92. The smallest absolute Gasteiger partial charge is 0.326 e. The van der Waals surface area contributed by atoms with Crippen molar-refractivity contribution in [3.05, 3.63) is 163 Å². The van der Waals surface area contributed by atoms with Crippen LogP contribution in [0.4, 0.5) is 0 Å². The van der Waals surface area contributed by atoms with Crippen LogP contribution in [-0.4, -0.2) is 44.1 Å². The number of carbonyl (C=O) groups excluding carboxylic acids is 1. The first kappa shape index (κ1) is 46.5. The van der Waals surface area contributed by atoms with Crippen LogP contribution in [0.25, 0.3) is 11.1 Å². The van der Waals surface area contributed by atoms with Crippen LogP contribution in [0.5, 0.6) is 23.0 Å². The van der Waals surface area contributed by atoms with Gasteiger partial charge in [-0.05, 0) is 85.3 Å². The molecule has 4 aromatic carbocycles. The average Bonchev–Trinajstić information content (AvgIpc) is 3.29. The highest BCUT2D eigenvalue weighted by Crippen LogP contribution is 2.37. The molecule has 0 amide bonds. The SMILES string of the molecule is CC(=O)c1cc(Cl)c(OCc2cccc(-c3cccc(COc4cc(OCc5cncc(C#N)c5)c(CNC(C)(CO)C(=O)O)cc4Cl)c3C)c2C)cc1OCc1cncc(C#N)c1. The summed E-state index contributed by atoms with van der Waals surface area (Å²) in [6, 6.07) is 25.7. The van der Waals surface area contributed by atoms with Crippen LogP contribution in [0.1, 0.15) is 74.3 Å². The maximum absolute atomic E-state index is 12.5. The third-order valence-electron chi connectivity index (χ3n) is 10.6. The lowest BCUT2D eigenvalue weighted by Gasteiger charge is -2.25. The van der Waals surface area contributed by atoms with E-state index < -0.39 is 18.1 Å². The van der Waals surface area contributed by atoms with E-state index in [1.165, 1.54) is 32.3 Å². The standard InChI is InChI=1S/C49H43Cl2N5O8/c1-29-36(26-63-46-15-44(61-24-34-11-32(17-52)19-54-21-34)38(13-42(46)50)23-56-49(4,28-57)48(59)60)7-5-9-39(29)40-10-6-8-37(30(40)2)27-64-47-16-45(41(31(3)58)14-43(47)51)62-25-35-12-33(18-53)20-55-22-35/h5-16,19-22,56-57H,23-28H2,1-4H3,(H,59,60). The number of hydrogen-bond donors (Lipinski definition) is 3. The summed E-state index contributed by atoms with van der Waals surface area (Å²) in [5.74, 6) is -0.179. The van der Waals surface area contributed by atoms with Gasteiger partial charge in [0.25, 0.3) is 0 Å². The number of pyridine rings is 2. The Morgan fingerprint density at radius 3 is 1.66 bits per heavy atom. The molecule has 0 aliphatic carbocycles. The Balaban J connectivity index is 1.20. The molecule has 0 saturated heterocycles. The van der Waals surface area contributed by atoms with E-state index in [0.29, 0.717) is 50.6 Å². The Morgan fingerprint density at radius 2 is 1.17 bits per heavy atom. The highest BCUT2D eigenvalue weighted by molar-refractivity contribution is 6.32. The molecule has 3 N–H and O–H groups in total. The summed E-state index contributed by atoms with van der Waals surface area (Å²) >= 11 is 13.4. The number of carboxylic acids is 1. The van der Waals surface area contributed by atoms with Crippen LogP contribution in [0.3, 0.4) is 0 Å². The van der Waals surface area contributed by atoms with Gasteiger partial charge >= 0.3 is 5.97 Å². The molecule has 0 fully saturated rings. The van der Waals surface area contributed by atoms with Gasteiger partial charge in [0.1, 0.15) is 67.1 Å². The van der Waals surface area contributed by atoms with E-state index in [0.717, 1.165) is 33.4 Å². The van der Waals surface area contributed by atoms with Gasteiger partial charge in [0.15, 0.2) is 5.78 Å². The van der Waals surface area contributed by atoms with Gasteiger partial charge in [-0.15, -0.1) is 0 Å². The van der Waals surface area contributed by atoms with Gasteiger partial charge in [0, 0.05) is 60.2 Å². The van der Waals surface area contributed by atoms with E-state index in [9.17, 15) is 30.3 Å². The fraction of sp³-hybridized carbons (Fsp3) is 0.224. The number of ether oxygens (including phenoxy) is 4. The van der Waals surface area contributed by atoms with Crippen LogP contribution < -0.4 is 24.3 Å². The third kappa shape index (κ3) is 11.1. The average molecular weight is 901 g/mol. The number of aromatic nitrogens is 2. The van der Waals surface area contributed by atoms with E-state index in [4.69, 9.17) is 42.1 Å². The van der Waals surface area contributed by atoms with Gasteiger partial charge in [-0.1, -0.05) is 59.6 Å². The number of aliphatic hydroxyl groups is 1. The first-order valence-electron chi connectivity index (χ1n) is 19.9. The van der Waals surface area contributed by atoms with Crippen molar-refractivity contribution in [1.29, 1.82) is 10.5 Å². The minimum Gasteiger partial charge on any atom is -0.488 e. The molecule has 0 spiro atoms. The topological polar surface area (TPSA) is 197 Å². The number of ketones is 1. The van der Waals surface area contributed by atoms with Crippen LogP contribution in [0.2, 0.25) is 10.0 Å². The van der Waals surface area contributed by atoms with Gasteiger partial charge in [-0.3, -0.25) is 24.9 Å². The van der Waals surface area contributed by atoms with Crippen LogP contribution in [0, 0.1) is 36.5 Å². The Bertz CT molecular complexity index is 2800.